The maximum Gasteiger partial charge on any atom is 0.329 e. The summed E-state index contributed by atoms with van der Waals surface area (Å²) in [6.07, 6.45) is -1.23. The van der Waals surface area contributed by atoms with Crippen LogP contribution >= 0.6 is 0 Å². The lowest BCUT2D eigenvalue weighted by molar-refractivity contribution is -0.384. The third-order valence-electron chi connectivity index (χ3n) is 4.30. The Hall–Kier alpha value is -3.82. The molecule has 0 aliphatic heterocycles. The molecule has 0 aromatic heterocycles. The van der Waals surface area contributed by atoms with Crippen LogP contribution in [0.1, 0.15) is 31.1 Å². The molecular weight excluding hydrogens is 409 g/mol. The van der Waals surface area contributed by atoms with E-state index in [-0.39, 0.29) is 22.9 Å². The molecule has 31 heavy (non-hydrogen) atoms. The van der Waals surface area contributed by atoms with Crippen molar-refractivity contribution < 1.29 is 28.4 Å². The maximum atomic E-state index is 13.0. The van der Waals surface area contributed by atoms with Crippen molar-refractivity contribution in [2.75, 3.05) is 5.32 Å². The van der Waals surface area contributed by atoms with Gasteiger partial charge < -0.3 is 15.4 Å². The molecule has 0 unspecified atom stereocenters. The minimum atomic E-state index is -1.23. The van der Waals surface area contributed by atoms with Gasteiger partial charge in [-0.3, -0.25) is 19.7 Å². The van der Waals surface area contributed by atoms with E-state index in [1.165, 1.54) is 43.3 Å². The van der Waals surface area contributed by atoms with E-state index in [9.17, 15) is 28.9 Å². The molecule has 9 nitrogen and oxygen atoms in total. The highest BCUT2D eigenvalue weighted by atomic mass is 19.1. The molecule has 2 aromatic carbocycles. The summed E-state index contributed by atoms with van der Waals surface area (Å²) >= 11 is 0. The number of carbonyl (C=O) groups excluding carboxylic acids is 3. The minimum absolute atomic E-state index is 0.163. The van der Waals surface area contributed by atoms with E-state index >= 15 is 0 Å². The number of halogens is 1. The van der Waals surface area contributed by atoms with Crippen molar-refractivity contribution in [3.05, 3.63) is 70.0 Å². The number of ether oxygens (including phenoxy) is 1. The highest BCUT2D eigenvalue weighted by Crippen LogP contribution is 2.17. The van der Waals surface area contributed by atoms with Crippen molar-refractivity contribution >= 4 is 29.2 Å². The van der Waals surface area contributed by atoms with Gasteiger partial charge in [0, 0.05) is 23.4 Å². The zero-order valence-electron chi connectivity index (χ0n) is 17.1. The molecular formula is C21H22FN3O6. The topological polar surface area (TPSA) is 128 Å². The van der Waals surface area contributed by atoms with E-state index in [0.29, 0.717) is 0 Å². The first kappa shape index (κ1) is 23.5. The number of benzene rings is 2. The lowest BCUT2D eigenvalue weighted by Crippen LogP contribution is -2.47. The highest BCUT2D eigenvalue weighted by molar-refractivity contribution is 5.98. The predicted molar refractivity (Wildman–Crippen MR) is 110 cm³/mol. The summed E-state index contributed by atoms with van der Waals surface area (Å²) in [6, 6.07) is 9.07. The Bertz CT molecular complexity index is 977. The van der Waals surface area contributed by atoms with Gasteiger partial charge in [-0.15, -0.1) is 0 Å². The number of anilines is 1. The van der Waals surface area contributed by atoms with Gasteiger partial charge >= 0.3 is 5.97 Å². The standard InChI is InChI=1S/C21H22FN3O6/c1-12(2)18(24-20(27)14-7-9-15(22)10-8-14)21(28)31-13(3)19(26)23-16-5-4-6-17(11-16)25(29)30/h4-13,18H,1-3H3,(H,23,26)(H,24,27)/t13-,18+/m1/s1. The van der Waals surface area contributed by atoms with Crippen LogP contribution in [-0.4, -0.2) is 34.9 Å². The van der Waals surface area contributed by atoms with Gasteiger partial charge in [-0.05, 0) is 43.2 Å². The average molecular weight is 431 g/mol. The number of hydrogen-bond acceptors (Lipinski definition) is 6. The summed E-state index contributed by atoms with van der Waals surface area (Å²) in [5, 5.41) is 15.8. The van der Waals surface area contributed by atoms with Crippen molar-refractivity contribution in [3.8, 4) is 0 Å². The summed E-state index contributed by atoms with van der Waals surface area (Å²) in [5.74, 6) is -2.97. The molecule has 0 aliphatic rings. The van der Waals surface area contributed by atoms with E-state index < -0.39 is 40.7 Å². The molecule has 10 heteroatoms. The van der Waals surface area contributed by atoms with Gasteiger partial charge in [0.05, 0.1) is 4.92 Å². The number of esters is 1. The Morgan fingerprint density at radius 3 is 2.29 bits per heavy atom. The van der Waals surface area contributed by atoms with Crippen LogP contribution in [0.25, 0.3) is 0 Å². The van der Waals surface area contributed by atoms with E-state index in [0.717, 1.165) is 12.1 Å². The molecule has 2 amide bonds. The molecule has 2 rings (SSSR count). The van der Waals surface area contributed by atoms with Crippen molar-refractivity contribution in [2.24, 2.45) is 5.92 Å². The van der Waals surface area contributed by atoms with Crippen LogP contribution in [-0.2, 0) is 14.3 Å². The Kier molecular flexibility index (Phi) is 7.78. The van der Waals surface area contributed by atoms with Crippen LogP contribution in [0.15, 0.2) is 48.5 Å². The summed E-state index contributed by atoms with van der Waals surface area (Å²) in [4.78, 5) is 47.4. The van der Waals surface area contributed by atoms with Crippen molar-refractivity contribution in [3.63, 3.8) is 0 Å². The normalized spacial score (nSPS) is 12.5. The van der Waals surface area contributed by atoms with Gasteiger partial charge in [-0.2, -0.15) is 0 Å². The average Bonchev–Trinajstić information content (AvgIpc) is 2.72. The zero-order chi connectivity index (χ0) is 23.1. The van der Waals surface area contributed by atoms with Crippen LogP contribution < -0.4 is 10.6 Å². The smallest absolute Gasteiger partial charge is 0.329 e. The Labute approximate surface area is 177 Å². The number of carbonyl (C=O) groups is 3. The Morgan fingerprint density at radius 2 is 1.71 bits per heavy atom. The molecule has 2 N–H and O–H groups in total. The number of nitro groups is 1. The largest absolute Gasteiger partial charge is 0.451 e. The van der Waals surface area contributed by atoms with E-state index in [4.69, 9.17) is 4.74 Å². The number of non-ortho nitro benzene ring substituents is 1. The summed E-state index contributed by atoms with van der Waals surface area (Å²) in [5.41, 5.74) is 0.134. The van der Waals surface area contributed by atoms with Crippen LogP contribution in [0.5, 0.6) is 0 Å². The fourth-order valence-corrected chi connectivity index (χ4v) is 2.57. The minimum Gasteiger partial charge on any atom is -0.451 e. The molecule has 164 valence electrons. The number of hydrogen-bond donors (Lipinski definition) is 2. The van der Waals surface area contributed by atoms with Crippen LogP contribution in [0.2, 0.25) is 0 Å². The lowest BCUT2D eigenvalue weighted by atomic mass is 10.0. The number of amides is 2. The fourth-order valence-electron chi connectivity index (χ4n) is 2.57. The zero-order valence-corrected chi connectivity index (χ0v) is 17.1. The molecule has 0 saturated carbocycles. The van der Waals surface area contributed by atoms with Gasteiger partial charge in [0.1, 0.15) is 11.9 Å². The van der Waals surface area contributed by atoms with Crippen molar-refractivity contribution in [1.82, 2.24) is 5.32 Å². The molecule has 0 saturated heterocycles. The first-order valence-electron chi connectivity index (χ1n) is 9.40. The third kappa shape index (κ3) is 6.59. The number of rotatable bonds is 8. The first-order chi connectivity index (χ1) is 14.6. The Balaban J connectivity index is 2.01. The van der Waals surface area contributed by atoms with Gasteiger partial charge in [0.15, 0.2) is 6.10 Å². The van der Waals surface area contributed by atoms with Crippen LogP contribution in [0.4, 0.5) is 15.8 Å². The lowest BCUT2D eigenvalue weighted by Gasteiger charge is -2.23. The number of nitro benzene ring substituents is 1. The summed E-state index contributed by atoms with van der Waals surface area (Å²) < 4.78 is 18.2. The molecule has 0 fully saturated rings. The molecule has 0 aliphatic carbocycles. The summed E-state index contributed by atoms with van der Waals surface area (Å²) in [7, 11) is 0. The van der Waals surface area contributed by atoms with Crippen molar-refractivity contribution in [2.45, 2.75) is 32.9 Å². The number of nitrogens with one attached hydrogen (secondary N) is 2. The quantitative estimate of drug-likeness (QED) is 0.376. The second kappa shape index (κ2) is 10.3. The number of nitrogens with zero attached hydrogens (tertiary/aromatic N) is 1. The predicted octanol–water partition coefficient (Wildman–Crippen LogP) is 3.06. The third-order valence-corrected chi connectivity index (χ3v) is 4.30. The molecule has 0 spiro atoms. The molecule has 0 bridgehead atoms. The van der Waals surface area contributed by atoms with Crippen LogP contribution in [0, 0.1) is 21.8 Å². The SMILES string of the molecule is CC(C)[C@H](NC(=O)c1ccc(F)cc1)C(=O)O[C@H](C)C(=O)Nc1cccc([N+](=O)[O-])c1. The van der Waals surface area contributed by atoms with Gasteiger partial charge in [-0.1, -0.05) is 19.9 Å². The van der Waals surface area contributed by atoms with Crippen molar-refractivity contribution in [1.29, 1.82) is 0 Å². The molecule has 2 atom stereocenters. The van der Waals surface area contributed by atoms with E-state index in [1.807, 2.05) is 0 Å². The maximum absolute atomic E-state index is 13.0. The molecule has 0 radical (unpaired) electrons. The Morgan fingerprint density at radius 1 is 1.06 bits per heavy atom. The molecule has 0 heterocycles. The summed E-state index contributed by atoms with van der Waals surface area (Å²) in [6.45, 7) is 4.71. The van der Waals surface area contributed by atoms with E-state index in [1.54, 1.807) is 13.8 Å². The van der Waals surface area contributed by atoms with Gasteiger partial charge in [0.2, 0.25) is 0 Å². The second-order valence-electron chi connectivity index (χ2n) is 7.08. The van der Waals surface area contributed by atoms with Gasteiger partial charge in [0.25, 0.3) is 17.5 Å². The van der Waals surface area contributed by atoms with E-state index in [2.05, 4.69) is 10.6 Å². The van der Waals surface area contributed by atoms with Crippen LogP contribution in [0.3, 0.4) is 0 Å². The van der Waals surface area contributed by atoms with Gasteiger partial charge in [-0.25, -0.2) is 9.18 Å². The monoisotopic (exact) mass is 431 g/mol. The highest BCUT2D eigenvalue weighted by Gasteiger charge is 2.29. The second-order valence-corrected chi connectivity index (χ2v) is 7.08. The molecule has 2 aromatic rings. The first-order valence-corrected chi connectivity index (χ1v) is 9.40. The fraction of sp³-hybridized carbons (Fsp3) is 0.286.